The van der Waals surface area contributed by atoms with Gasteiger partial charge < -0.3 is 14.3 Å². The smallest absolute Gasteiger partial charge is 0.323 e. The molecular formula is C21H15BrCl2F2N4O4S. The third kappa shape index (κ3) is 7.17. The molecule has 3 rings (SSSR count). The van der Waals surface area contributed by atoms with Crippen molar-refractivity contribution in [3.63, 3.8) is 0 Å². The highest BCUT2D eigenvalue weighted by atomic mass is 79.9. The van der Waals surface area contributed by atoms with Gasteiger partial charge in [-0.1, -0.05) is 52.6 Å². The van der Waals surface area contributed by atoms with E-state index < -0.39 is 21.5 Å². The Hall–Kier alpha value is -2.67. The van der Waals surface area contributed by atoms with Crippen molar-refractivity contribution in [2.75, 3.05) is 14.2 Å². The number of amides is 1. The molecule has 14 heteroatoms. The normalized spacial score (nSPS) is 11.7. The van der Waals surface area contributed by atoms with Gasteiger partial charge in [-0.25, -0.2) is 0 Å². The van der Waals surface area contributed by atoms with Crippen molar-refractivity contribution in [1.29, 1.82) is 0 Å². The molecule has 0 saturated carbocycles. The summed E-state index contributed by atoms with van der Waals surface area (Å²) in [6, 6.07) is 12.9. The number of alkyl halides is 3. The van der Waals surface area contributed by atoms with Crippen LogP contribution in [-0.2, 0) is 9.63 Å². The van der Waals surface area contributed by atoms with Crippen LogP contribution >= 0.6 is 51.1 Å². The minimum absolute atomic E-state index is 0.0113. The highest BCUT2D eigenvalue weighted by molar-refractivity contribution is 9.10. The van der Waals surface area contributed by atoms with E-state index in [1.54, 1.807) is 36.4 Å². The second-order valence-electron chi connectivity index (χ2n) is 6.39. The van der Waals surface area contributed by atoms with Gasteiger partial charge in [-0.3, -0.25) is 9.10 Å². The van der Waals surface area contributed by atoms with Crippen LogP contribution in [0.25, 0.3) is 0 Å². The van der Waals surface area contributed by atoms with Gasteiger partial charge in [0, 0.05) is 19.0 Å². The van der Waals surface area contributed by atoms with Gasteiger partial charge in [-0.2, -0.15) is 18.7 Å². The van der Waals surface area contributed by atoms with E-state index in [4.69, 9.17) is 37.5 Å². The lowest BCUT2D eigenvalue weighted by atomic mass is 10.1. The van der Waals surface area contributed by atoms with Crippen LogP contribution in [0.3, 0.4) is 0 Å². The minimum Gasteiger partial charge on any atom is -0.436 e. The number of hydrogen-bond acceptors (Lipinski definition) is 8. The molecule has 0 unspecified atom stereocenters. The van der Waals surface area contributed by atoms with Crippen molar-refractivity contribution in [3.05, 3.63) is 70.7 Å². The van der Waals surface area contributed by atoms with Crippen molar-refractivity contribution in [3.8, 4) is 23.3 Å². The van der Waals surface area contributed by atoms with Gasteiger partial charge in [0.25, 0.3) is 17.7 Å². The van der Waals surface area contributed by atoms with Crippen LogP contribution in [0.15, 0.2) is 64.5 Å². The van der Waals surface area contributed by atoms with Crippen molar-refractivity contribution in [2.45, 2.75) is 3.92 Å². The summed E-state index contributed by atoms with van der Waals surface area (Å²) >= 11 is 14.2. The molecule has 0 atom stereocenters. The van der Waals surface area contributed by atoms with E-state index in [1.807, 2.05) is 0 Å². The van der Waals surface area contributed by atoms with Crippen LogP contribution in [0, 0.1) is 5.82 Å². The fourth-order valence-electron chi connectivity index (χ4n) is 2.61. The Morgan fingerprint density at radius 1 is 1.09 bits per heavy atom. The molecule has 0 saturated heterocycles. The molecule has 184 valence electrons. The van der Waals surface area contributed by atoms with Crippen LogP contribution in [0.5, 0.6) is 23.3 Å². The monoisotopic (exact) mass is 606 g/mol. The van der Waals surface area contributed by atoms with E-state index in [0.29, 0.717) is 10.2 Å². The Morgan fingerprint density at radius 3 is 2.26 bits per heavy atom. The van der Waals surface area contributed by atoms with Gasteiger partial charge in [0.1, 0.15) is 24.9 Å². The number of nitrogens with zero attached hydrogens (tertiary/aromatic N) is 4. The van der Waals surface area contributed by atoms with E-state index >= 15 is 4.39 Å². The first-order valence-electron chi connectivity index (χ1n) is 9.46. The predicted molar refractivity (Wildman–Crippen MR) is 132 cm³/mol. The number of halogens is 5. The number of aromatic nitrogens is 2. The SMILES string of the molecule is CO/N=C(\C(=O)N(C)SC(F)(Cl)Cl)c1ccccc1Oc1ncnc(Oc2ccccc2Br)c1F. The van der Waals surface area contributed by atoms with Gasteiger partial charge >= 0.3 is 3.92 Å². The van der Waals surface area contributed by atoms with E-state index in [0.717, 1.165) is 10.6 Å². The van der Waals surface area contributed by atoms with Crippen LogP contribution in [0.4, 0.5) is 8.78 Å². The zero-order chi connectivity index (χ0) is 25.6. The lowest BCUT2D eigenvalue weighted by Gasteiger charge is -2.20. The molecule has 3 aromatic rings. The summed E-state index contributed by atoms with van der Waals surface area (Å²) in [5, 5.41) is 3.72. The predicted octanol–water partition coefficient (Wildman–Crippen LogP) is 6.48. The van der Waals surface area contributed by atoms with E-state index in [2.05, 4.69) is 31.1 Å². The molecular weight excluding hydrogens is 593 g/mol. The fourth-order valence-corrected chi connectivity index (χ4v) is 4.08. The summed E-state index contributed by atoms with van der Waals surface area (Å²) in [5.41, 5.74) is -0.207. The van der Waals surface area contributed by atoms with Crippen molar-refractivity contribution >= 4 is 62.7 Å². The summed E-state index contributed by atoms with van der Waals surface area (Å²) in [4.78, 5) is 25.3. The van der Waals surface area contributed by atoms with E-state index in [-0.39, 0.29) is 34.9 Å². The lowest BCUT2D eigenvalue weighted by molar-refractivity contribution is -0.118. The molecule has 0 aliphatic heterocycles. The maximum Gasteiger partial charge on any atom is 0.323 e. The van der Waals surface area contributed by atoms with Crippen molar-refractivity contribution in [2.24, 2.45) is 5.16 Å². The highest BCUT2D eigenvalue weighted by Gasteiger charge is 2.32. The first-order chi connectivity index (χ1) is 16.6. The van der Waals surface area contributed by atoms with Crippen LogP contribution in [-0.4, -0.2) is 44.0 Å². The standard InChI is InChI=1S/C21H15BrCl2F2N4O4S/c1-30(35-21(23,24)26)20(31)17(29-32-2)12-7-3-5-9-14(12)33-18-16(25)19(28-11-27-18)34-15-10-6-4-8-13(15)22/h3-11H,1-2H3/b29-17-. The minimum atomic E-state index is -2.77. The Kier molecular flexibility index (Phi) is 9.11. The molecule has 0 fully saturated rings. The third-order valence-corrected chi connectivity index (χ3v) is 5.75. The molecule has 2 aromatic carbocycles. The molecule has 1 heterocycles. The molecule has 0 bridgehead atoms. The quantitative estimate of drug-likeness (QED) is 0.119. The molecule has 1 aromatic heterocycles. The number of hydrogen-bond donors (Lipinski definition) is 0. The third-order valence-electron chi connectivity index (χ3n) is 4.03. The molecule has 8 nitrogen and oxygen atoms in total. The van der Waals surface area contributed by atoms with Crippen LogP contribution in [0.1, 0.15) is 5.56 Å². The maximum absolute atomic E-state index is 15.1. The number of oxime groups is 1. The van der Waals surface area contributed by atoms with Gasteiger partial charge in [0.15, 0.2) is 5.71 Å². The topological polar surface area (TPSA) is 86.1 Å². The molecule has 1 amide bonds. The summed E-state index contributed by atoms with van der Waals surface area (Å²) < 4.78 is 38.6. The number of carbonyl (C=O) groups is 1. The largest absolute Gasteiger partial charge is 0.436 e. The van der Waals surface area contributed by atoms with Gasteiger partial charge in [-0.05, 0) is 40.2 Å². The maximum atomic E-state index is 15.1. The lowest BCUT2D eigenvalue weighted by Crippen LogP contribution is -2.31. The Labute approximate surface area is 221 Å². The molecule has 0 N–H and O–H groups in total. The summed E-state index contributed by atoms with van der Waals surface area (Å²) in [6.07, 6.45) is 1.05. The number of rotatable bonds is 9. The second kappa shape index (κ2) is 11.8. The van der Waals surface area contributed by atoms with Gasteiger partial charge in [0.2, 0.25) is 5.82 Å². The molecule has 0 radical (unpaired) electrons. The Morgan fingerprint density at radius 2 is 1.66 bits per heavy atom. The number of benzene rings is 2. The number of ether oxygens (including phenoxy) is 2. The Balaban J connectivity index is 1.94. The first-order valence-corrected chi connectivity index (χ1v) is 11.8. The summed E-state index contributed by atoms with van der Waals surface area (Å²) in [5.74, 6) is -2.37. The van der Waals surface area contributed by atoms with Crippen molar-refractivity contribution < 1.29 is 27.9 Å². The van der Waals surface area contributed by atoms with Crippen LogP contribution < -0.4 is 9.47 Å². The zero-order valence-electron chi connectivity index (χ0n) is 17.9. The molecule has 0 spiro atoms. The van der Waals surface area contributed by atoms with Gasteiger partial charge in [0.05, 0.1) is 10.0 Å². The fraction of sp³-hybridized carbons (Fsp3) is 0.143. The summed E-state index contributed by atoms with van der Waals surface area (Å²) in [7, 11) is 2.44. The van der Waals surface area contributed by atoms with Crippen molar-refractivity contribution in [1.82, 2.24) is 14.3 Å². The first kappa shape index (κ1) is 26.9. The van der Waals surface area contributed by atoms with E-state index in [1.165, 1.54) is 26.3 Å². The highest BCUT2D eigenvalue weighted by Crippen LogP contribution is 2.38. The Bertz CT molecular complexity index is 1250. The second-order valence-corrected chi connectivity index (χ2v) is 10.2. The molecule has 0 aliphatic carbocycles. The average molecular weight is 608 g/mol. The zero-order valence-corrected chi connectivity index (χ0v) is 21.8. The molecule has 35 heavy (non-hydrogen) atoms. The number of carbonyl (C=O) groups excluding carboxylic acids is 1. The van der Waals surface area contributed by atoms with Gasteiger partial charge in [-0.15, -0.1) is 0 Å². The average Bonchev–Trinajstić information content (AvgIpc) is 2.80. The number of para-hydroxylation sites is 2. The van der Waals surface area contributed by atoms with E-state index in [9.17, 15) is 9.18 Å². The molecule has 0 aliphatic rings. The van der Waals surface area contributed by atoms with Crippen LogP contribution in [0.2, 0.25) is 0 Å². The number of likely N-dealkylation sites (N-methyl/N-ethyl adjacent to an activating group) is 1. The summed E-state index contributed by atoms with van der Waals surface area (Å²) in [6.45, 7) is 0.